The maximum atomic E-state index is 4.07. The molecular weight excluding hydrogens is 236 g/mol. The number of hydrogen-bond donors (Lipinski definition) is 2. The van der Waals surface area contributed by atoms with E-state index in [2.05, 4.69) is 41.5 Å². The van der Waals surface area contributed by atoms with Crippen molar-refractivity contribution in [2.75, 3.05) is 6.54 Å². The molecule has 0 atom stereocenters. The predicted octanol–water partition coefficient (Wildman–Crippen LogP) is 2.93. The van der Waals surface area contributed by atoms with E-state index in [1.54, 1.807) is 0 Å². The summed E-state index contributed by atoms with van der Waals surface area (Å²) in [5.74, 6) is 0.903. The molecule has 0 amide bonds. The molecule has 4 heteroatoms. The lowest BCUT2D eigenvalue weighted by Gasteiger charge is -2.37. The molecule has 2 rings (SSSR count). The van der Waals surface area contributed by atoms with Crippen molar-refractivity contribution in [3.05, 3.63) is 11.9 Å². The lowest BCUT2D eigenvalue weighted by Crippen LogP contribution is -2.36. The molecule has 1 aromatic heterocycles. The molecular formula is C15H28N4. The highest BCUT2D eigenvalue weighted by atomic mass is 15.3. The molecule has 4 nitrogen and oxygen atoms in total. The summed E-state index contributed by atoms with van der Waals surface area (Å²) in [6.07, 6.45) is 9.41. The first-order valence-corrected chi connectivity index (χ1v) is 7.64. The van der Waals surface area contributed by atoms with Gasteiger partial charge in [-0.3, -0.25) is 0 Å². The first-order valence-electron chi connectivity index (χ1n) is 7.64. The van der Waals surface area contributed by atoms with Crippen molar-refractivity contribution in [1.29, 1.82) is 0 Å². The van der Waals surface area contributed by atoms with Crippen molar-refractivity contribution in [2.45, 2.75) is 65.3 Å². The third-order valence-electron chi connectivity index (χ3n) is 4.46. The molecule has 2 N–H and O–H groups in total. The summed E-state index contributed by atoms with van der Waals surface area (Å²) < 4.78 is 0. The van der Waals surface area contributed by atoms with E-state index >= 15 is 0 Å². The monoisotopic (exact) mass is 264 g/mol. The van der Waals surface area contributed by atoms with Crippen LogP contribution in [0.2, 0.25) is 0 Å². The van der Waals surface area contributed by atoms with Gasteiger partial charge in [-0.2, -0.15) is 15.4 Å². The van der Waals surface area contributed by atoms with Gasteiger partial charge in [-0.1, -0.05) is 20.8 Å². The Morgan fingerprint density at radius 2 is 2.00 bits per heavy atom. The number of H-pyrrole nitrogens is 1. The molecule has 1 saturated carbocycles. The Bertz CT molecular complexity index is 345. The van der Waals surface area contributed by atoms with Gasteiger partial charge in [-0.05, 0) is 56.4 Å². The van der Waals surface area contributed by atoms with Crippen LogP contribution in [0, 0.1) is 11.3 Å². The molecule has 1 heterocycles. The minimum Gasteiger partial charge on any atom is -0.314 e. The molecule has 0 unspecified atom stereocenters. The Morgan fingerprint density at radius 3 is 2.58 bits per heavy atom. The van der Waals surface area contributed by atoms with Gasteiger partial charge >= 0.3 is 0 Å². The minimum absolute atomic E-state index is 0.484. The van der Waals surface area contributed by atoms with E-state index in [1.165, 1.54) is 25.7 Å². The zero-order chi connectivity index (χ0) is 13.7. The van der Waals surface area contributed by atoms with Crippen molar-refractivity contribution in [2.24, 2.45) is 11.3 Å². The first-order chi connectivity index (χ1) is 9.05. The van der Waals surface area contributed by atoms with E-state index < -0.39 is 0 Å². The third-order valence-corrected chi connectivity index (χ3v) is 4.46. The molecule has 0 spiro atoms. The van der Waals surface area contributed by atoms with E-state index in [-0.39, 0.29) is 0 Å². The van der Waals surface area contributed by atoms with Crippen LogP contribution in [-0.2, 0) is 6.42 Å². The Morgan fingerprint density at radius 1 is 1.26 bits per heavy atom. The van der Waals surface area contributed by atoms with Gasteiger partial charge in [0.15, 0.2) is 0 Å². The summed E-state index contributed by atoms with van der Waals surface area (Å²) in [4.78, 5) is 0. The van der Waals surface area contributed by atoms with Crippen molar-refractivity contribution in [3.8, 4) is 0 Å². The molecule has 0 radical (unpaired) electrons. The quantitative estimate of drug-likeness (QED) is 0.804. The van der Waals surface area contributed by atoms with Crippen LogP contribution in [-0.4, -0.2) is 28.0 Å². The summed E-state index contributed by atoms with van der Waals surface area (Å²) in [6.45, 7) is 8.23. The second-order valence-electron chi connectivity index (χ2n) is 6.93. The molecule has 0 aromatic carbocycles. The van der Waals surface area contributed by atoms with Crippen LogP contribution >= 0.6 is 0 Å². The van der Waals surface area contributed by atoms with Crippen LogP contribution in [0.25, 0.3) is 0 Å². The summed E-state index contributed by atoms with van der Waals surface area (Å²) in [5, 5.41) is 14.3. The van der Waals surface area contributed by atoms with Crippen molar-refractivity contribution >= 4 is 0 Å². The first kappa shape index (κ1) is 14.5. The highest BCUT2D eigenvalue weighted by Crippen LogP contribution is 2.37. The topological polar surface area (TPSA) is 53.6 Å². The molecule has 1 aliphatic carbocycles. The van der Waals surface area contributed by atoms with Crippen LogP contribution < -0.4 is 5.32 Å². The summed E-state index contributed by atoms with van der Waals surface area (Å²) >= 11 is 0. The molecule has 0 bridgehead atoms. The van der Waals surface area contributed by atoms with Gasteiger partial charge < -0.3 is 5.32 Å². The minimum atomic E-state index is 0.484. The van der Waals surface area contributed by atoms with Gasteiger partial charge in [0.05, 0.1) is 11.9 Å². The number of rotatable bonds is 5. The predicted molar refractivity (Wildman–Crippen MR) is 77.9 cm³/mol. The Balaban J connectivity index is 1.58. The largest absolute Gasteiger partial charge is 0.314 e. The van der Waals surface area contributed by atoms with Gasteiger partial charge in [0.2, 0.25) is 0 Å². The maximum Gasteiger partial charge on any atom is 0.0825 e. The molecule has 1 aromatic rings. The lowest BCUT2D eigenvalue weighted by atomic mass is 9.71. The standard InChI is InChI=1S/C15H28N4/c1-15(2,3)12-6-8-13(9-7-12)16-10-4-5-14-11-17-19-18-14/h11-13,16H,4-10H2,1-3H3,(H,17,18,19). The summed E-state index contributed by atoms with van der Waals surface area (Å²) in [6, 6.07) is 0.732. The van der Waals surface area contributed by atoms with E-state index in [4.69, 9.17) is 0 Å². The highest BCUT2D eigenvalue weighted by molar-refractivity contribution is 4.90. The van der Waals surface area contributed by atoms with Crippen LogP contribution in [0.15, 0.2) is 6.20 Å². The van der Waals surface area contributed by atoms with Gasteiger partial charge in [-0.25, -0.2) is 0 Å². The number of nitrogens with zero attached hydrogens (tertiary/aromatic N) is 2. The Kier molecular flexibility index (Phi) is 4.97. The van der Waals surface area contributed by atoms with Crippen LogP contribution in [0.1, 0.15) is 58.6 Å². The Hall–Kier alpha value is -0.900. The number of nitrogens with one attached hydrogen (secondary N) is 2. The number of aryl methyl sites for hydroxylation is 1. The zero-order valence-corrected chi connectivity index (χ0v) is 12.6. The van der Waals surface area contributed by atoms with Gasteiger partial charge in [0.25, 0.3) is 0 Å². The fourth-order valence-electron chi connectivity index (χ4n) is 3.09. The number of aromatic nitrogens is 3. The second kappa shape index (κ2) is 6.51. The van der Waals surface area contributed by atoms with Crippen molar-refractivity contribution < 1.29 is 0 Å². The molecule has 1 aliphatic rings. The van der Waals surface area contributed by atoms with Gasteiger partial charge in [0, 0.05) is 6.04 Å². The number of hydrogen-bond acceptors (Lipinski definition) is 3. The smallest absolute Gasteiger partial charge is 0.0825 e. The highest BCUT2D eigenvalue weighted by Gasteiger charge is 2.29. The van der Waals surface area contributed by atoms with Crippen molar-refractivity contribution in [3.63, 3.8) is 0 Å². The van der Waals surface area contributed by atoms with Gasteiger partial charge in [0.1, 0.15) is 0 Å². The van der Waals surface area contributed by atoms with E-state index in [1.807, 2.05) is 6.20 Å². The lowest BCUT2D eigenvalue weighted by molar-refractivity contribution is 0.160. The van der Waals surface area contributed by atoms with Gasteiger partial charge in [-0.15, -0.1) is 0 Å². The maximum absolute atomic E-state index is 4.07. The average molecular weight is 264 g/mol. The van der Waals surface area contributed by atoms with E-state index in [0.717, 1.165) is 37.0 Å². The fraction of sp³-hybridized carbons (Fsp3) is 0.867. The normalized spacial score (nSPS) is 24.6. The van der Waals surface area contributed by atoms with Crippen LogP contribution in [0.5, 0.6) is 0 Å². The second-order valence-corrected chi connectivity index (χ2v) is 6.93. The van der Waals surface area contributed by atoms with E-state index in [9.17, 15) is 0 Å². The molecule has 108 valence electrons. The third kappa shape index (κ3) is 4.60. The summed E-state index contributed by atoms with van der Waals surface area (Å²) in [7, 11) is 0. The zero-order valence-electron chi connectivity index (χ0n) is 12.6. The Labute approximate surface area is 116 Å². The SMILES string of the molecule is CC(C)(C)C1CCC(NCCCc2cn[nH]n2)CC1. The molecule has 19 heavy (non-hydrogen) atoms. The van der Waals surface area contributed by atoms with E-state index in [0.29, 0.717) is 5.41 Å². The van der Waals surface area contributed by atoms with Crippen molar-refractivity contribution in [1.82, 2.24) is 20.7 Å². The summed E-state index contributed by atoms with van der Waals surface area (Å²) in [5.41, 5.74) is 1.55. The van der Waals surface area contributed by atoms with Crippen LogP contribution in [0.3, 0.4) is 0 Å². The van der Waals surface area contributed by atoms with Crippen LogP contribution in [0.4, 0.5) is 0 Å². The average Bonchev–Trinajstić information content (AvgIpc) is 2.87. The molecule has 1 fully saturated rings. The molecule has 0 aliphatic heterocycles. The number of aromatic amines is 1. The fourth-order valence-corrected chi connectivity index (χ4v) is 3.09. The molecule has 0 saturated heterocycles.